The molecule has 9 nitrogen and oxygen atoms in total. The van der Waals surface area contributed by atoms with Crippen LogP contribution in [0.2, 0.25) is 0 Å². The summed E-state index contributed by atoms with van der Waals surface area (Å²) in [6.45, 7) is 2.53. The van der Waals surface area contributed by atoms with Gasteiger partial charge in [0.15, 0.2) is 0 Å². The maximum Gasteiger partial charge on any atom is 0.413 e. The van der Waals surface area contributed by atoms with Gasteiger partial charge in [0.2, 0.25) is 5.95 Å². The molecule has 180 valence electrons. The number of anilines is 2. The Labute approximate surface area is 205 Å². The Morgan fingerprint density at radius 3 is 2.69 bits per heavy atom. The predicted molar refractivity (Wildman–Crippen MR) is 135 cm³/mol. The van der Waals surface area contributed by atoms with Gasteiger partial charge in [-0.15, -0.1) is 0 Å². The summed E-state index contributed by atoms with van der Waals surface area (Å²) in [7, 11) is 0. The van der Waals surface area contributed by atoms with Gasteiger partial charge in [0.05, 0.1) is 12.1 Å². The molecule has 36 heavy (non-hydrogen) atoms. The number of nitrogens with one attached hydrogen (secondary N) is 3. The smallest absolute Gasteiger partial charge is 0.413 e. The third kappa shape index (κ3) is 4.97. The summed E-state index contributed by atoms with van der Waals surface area (Å²) in [5.41, 5.74) is 4.33. The summed E-state index contributed by atoms with van der Waals surface area (Å²) in [5.74, 6) is 0.417. The van der Waals surface area contributed by atoms with E-state index in [0.717, 1.165) is 16.7 Å². The van der Waals surface area contributed by atoms with E-state index in [1.54, 1.807) is 25.5 Å². The zero-order chi connectivity index (χ0) is 24.9. The van der Waals surface area contributed by atoms with Crippen molar-refractivity contribution in [3.05, 3.63) is 84.7 Å². The van der Waals surface area contributed by atoms with E-state index in [1.807, 2.05) is 36.4 Å². The highest BCUT2D eigenvalue weighted by atomic mass is 19.1. The Kier molecular flexibility index (Phi) is 6.48. The number of amides is 1. The van der Waals surface area contributed by atoms with Crippen molar-refractivity contribution in [1.82, 2.24) is 24.9 Å². The average molecular weight is 484 g/mol. The molecule has 1 aromatic carbocycles. The fraction of sp³-hybridized carbons (Fsp3) is 0.115. The highest BCUT2D eigenvalue weighted by Crippen LogP contribution is 2.34. The summed E-state index contributed by atoms with van der Waals surface area (Å²) in [5, 5.41) is 5.82. The van der Waals surface area contributed by atoms with Crippen LogP contribution >= 0.6 is 0 Å². The van der Waals surface area contributed by atoms with Gasteiger partial charge in [-0.1, -0.05) is 6.07 Å². The number of aromatic nitrogens is 5. The molecule has 0 spiro atoms. The molecule has 4 heterocycles. The van der Waals surface area contributed by atoms with Crippen LogP contribution in [-0.4, -0.2) is 37.6 Å². The van der Waals surface area contributed by atoms with Crippen LogP contribution in [0.25, 0.3) is 33.4 Å². The number of H-pyrrole nitrogens is 1. The third-order valence-electron chi connectivity index (χ3n) is 5.39. The minimum atomic E-state index is -0.638. The number of imidazole rings is 1. The van der Waals surface area contributed by atoms with Crippen LogP contribution in [0.5, 0.6) is 0 Å². The lowest BCUT2D eigenvalue weighted by molar-refractivity contribution is 0.167. The number of aromatic amines is 1. The molecule has 0 aliphatic rings. The van der Waals surface area contributed by atoms with Gasteiger partial charge in [-0.25, -0.2) is 19.2 Å². The molecule has 0 aliphatic heterocycles. The number of fused-ring (bicyclic) bond motifs is 1. The van der Waals surface area contributed by atoms with Gasteiger partial charge in [-0.3, -0.25) is 15.3 Å². The Morgan fingerprint density at radius 2 is 1.94 bits per heavy atom. The van der Waals surface area contributed by atoms with Crippen molar-refractivity contribution in [2.24, 2.45) is 0 Å². The molecule has 0 bridgehead atoms. The maximum atomic E-state index is 14.7. The van der Waals surface area contributed by atoms with Crippen molar-refractivity contribution in [2.75, 3.05) is 17.2 Å². The number of carbonyl (C=O) groups excluding carboxylic acids is 1. The van der Waals surface area contributed by atoms with Crippen LogP contribution in [0.15, 0.2) is 73.3 Å². The first-order chi connectivity index (χ1) is 17.6. The van der Waals surface area contributed by atoms with E-state index >= 15 is 0 Å². The van der Waals surface area contributed by atoms with Crippen molar-refractivity contribution in [2.45, 2.75) is 13.5 Å². The van der Waals surface area contributed by atoms with Crippen LogP contribution in [-0.2, 0) is 11.3 Å². The number of carbonyl (C=O) groups is 1. The number of pyridine rings is 3. The first-order valence-corrected chi connectivity index (χ1v) is 11.3. The van der Waals surface area contributed by atoms with Gasteiger partial charge in [0, 0.05) is 42.5 Å². The number of nitrogens with zero attached hydrogens (tertiary/aromatic N) is 4. The first kappa shape index (κ1) is 22.9. The first-order valence-electron chi connectivity index (χ1n) is 11.3. The molecule has 4 aromatic heterocycles. The van der Waals surface area contributed by atoms with E-state index in [9.17, 15) is 9.18 Å². The number of hydrogen-bond donors (Lipinski definition) is 3. The second-order valence-electron chi connectivity index (χ2n) is 7.83. The minimum absolute atomic E-state index is 0.154. The normalized spacial score (nSPS) is 10.8. The van der Waals surface area contributed by atoms with Crippen molar-refractivity contribution in [1.29, 1.82) is 0 Å². The van der Waals surface area contributed by atoms with E-state index in [1.165, 1.54) is 18.3 Å². The summed E-state index contributed by atoms with van der Waals surface area (Å²) >= 11 is 0. The van der Waals surface area contributed by atoms with E-state index < -0.39 is 11.9 Å². The minimum Gasteiger partial charge on any atom is -0.450 e. The summed E-state index contributed by atoms with van der Waals surface area (Å²) in [6, 6.07) is 14.2. The SMILES string of the molecule is CCOC(=O)Nc1nc2c(-c3ncccc3F)cc(-c3ccc(NCc4cccnc4)nc3)cc2[nH]1. The Hall–Kier alpha value is -4.86. The third-order valence-corrected chi connectivity index (χ3v) is 5.39. The molecule has 3 N–H and O–H groups in total. The van der Waals surface area contributed by atoms with Gasteiger partial charge in [0.25, 0.3) is 0 Å². The van der Waals surface area contributed by atoms with Gasteiger partial charge in [-0.2, -0.15) is 0 Å². The number of halogens is 1. The number of benzene rings is 1. The topological polar surface area (TPSA) is 118 Å². The van der Waals surface area contributed by atoms with E-state index in [-0.39, 0.29) is 18.2 Å². The van der Waals surface area contributed by atoms with Crippen molar-refractivity contribution in [3.8, 4) is 22.4 Å². The van der Waals surface area contributed by atoms with Crippen LogP contribution in [0, 0.1) is 5.82 Å². The molecular weight excluding hydrogens is 461 g/mol. The molecule has 1 amide bonds. The summed E-state index contributed by atoms with van der Waals surface area (Å²) in [4.78, 5) is 32.2. The molecule has 10 heteroatoms. The molecule has 0 saturated carbocycles. The lowest BCUT2D eigenvalue weighted by Gasteiger charge is -2.09. The Morgan fingerprint density at radius 1 is 1.06 bits per heavy atom. The number of ether oxygens (including phenoxy) is 1. The van der Waals surface area contributed by atoms with E-state index in [0.29, 0.717) is 29.0 Å². The fourth-order valence-corrected chi connectivity index (χ4v) is 3.74. The maximum absolute atomic E-state index is 14.7. The lowest BCUT2D eigenvalue weighted by atomic mass is 10.0. The van der Waals surface area contributed by atoms with E-state index in [2.05, 4.69) is 35.6 Å². The molecule has 0 atom stereocenters. The predicted octanol–water partition coefficient (Wildman–Crippen LogP) is 5.40. The largest absolute Gasteiger partial charge is 0.450 e. The van der Waals surface area contributed by atoms with Gasteiger partial charge in [0.1, 0.15) is 22.8 Å². The van der Waals surface area contributed by atoms with Crippen LogP contribution in [0.3, 0.4) is 0 Å². The molecule has 0 saturated heterocycles. The monoisotopic (exact) mass is 483 g/mol. The van der Waals surface area contributed by atoms with Crippen LogP contribution in [0.4, 0.5) is 21.0 Å². The van der Waals surface area contributed by atoms with E-state index in [4.69, 9.17) is 4.74 Å². The van der Waals surface area contributed by atoms with Crippen molar-refractivity contribution in [3.63, 3.8) is 0 Å². The molecule has 5 rings (SSSR count). The average Bonchev–Trinajstić information content (AvgIpc) is 3.30. The van der Waals surface area contributed by atoms with Crippen molar-refractivity contribution < 1.29 is 13.9 Å². The zero-order valence-electron chi connectivity index (χ0n) is 19.3. The highest BCUT2D eigenvalue weighted by Gasteiger charge is 2.17. The van der Waals surface area contributed by atoms with Crippen LogP contribution < -0.4 is 10.6 Å². The standard InChI is InChI=1S/C26H22FN7O2/c1-2-36-26(35)34-25-32-21-12-18(11-19(24(21)33-25)23-20(27)6-4-10-29-23)17-7-8-22(31-15-17)30-14-16-5-3-9-28-13-16/h3-13,15H,2,14H2,1H3,(H,30,31)(H2,32,33,34,35). The molecular formula is C26H22FN7O2. The quantitative estimate of drug-likeness (QED) is 0.284. The summed E-state index contributed by atoms with van der Waals surface area (Å²) < 4.78 is 19.6. The van der Waals surface area contributed by atoms with Gasteiger partial charge < -0.3 is 15.0 Å². The van der Waals surface area contributed by atoms with Crippen molar-refractivity contribution >= 4 is 28.9 Å². The Bertz CT molecular complexity index is 1500. The van der Waals surface area contributed by atoms with Crippen LogP contribution in [0.1, 0.15) is 12.5 Å². The number of hydrogen-bond acceptors (Lipinski definition) is 7. The molecule has 0 fully saturated rings. The summed E-state index contributed by atoms with van der Waals surface area (Å²) in [6.07, 6.45) is 6.14. The molecule has 0 radical (unpaired) electrons. The molecule has 0 unspecified atom stereocenters. The second kappa shape index (κ2) is 10.2. The zero-order valence-corrected chi connectivity index (χ0v) is 19.3. The number of rotatable bonds is 7. The lowest BCUT2D eigenvalue weighted by Crippen LogP contribution is -2.14. The molecule has 5 aromatic rings. The highest BCUT2D eigenvalue weighted by molar-refractivity contribution is 5.97. The van der Waals surface area contributed by atoms with Gasteiger partial charge in [-0.05, 0) is 60.5 Å². The second-order valence-corrected chi connectivity index (χ2v) is 7.83. The van der Waals surface area contributed by atoms with Gasteiger partial charge >= 0.3 is 6.09 Å². The molecule has 0 aliphatic carbocycles. The Balaban J connectivity index is 1.49. The fourth-order valence-electron chi connectivity index (χ4n) is 3.74.